The second-order valence-corrected chi connectivity index (χ2v) is 9.81. The molecule has 1 heteroatoms. The van der Waals surface area contributed by atoms with Gasteiger partial charge in [0.25, 0.3) is 0 Å². The zero-order valence-corrected chi connectivity index (χ0v) is 22.0. The molecule has 0 aliphatic carbocycles. The fourth-order valence-electron chi connectivity index (χ4n) is 4.72. The predicted molar refractivity (Wildman–Crippen MR) is 150 cm³/mol. The maximum Gasteiger partial charge on any atom is 0.169 e. The first kappa shape index (κ1) is 28.1. The Kier molecular flexibility index (Phi) is 15.9. The number of unbranched alkanes of at least 4 members (excludes halogenated alkanes) is 15. The largest absolute Gasteiger partial charge is 0.205 e. The molecule has 186 valence electrons. The van der Waals surface area contributed by atoms with Crippen molar-refractivity contribution in [1.82, 2.24) is 0 Å². The first-order chi connectivity index (χ1) is 16.8. The van der Waals surface area contributed by atoms with Gasteiger partial charge in [-0.3, -0.25) is 0 Å². The lowest BCUT2D eigenvalue weighted by Gasteiger charge is -2.07. The van der Waals surface area contributed by atoms with Gasteiger partial charge in [-0.25, -0.2) is 4.57 Å². The van der Waals surface area contributed by atoms with Crippen LogP contribution in [0.5, 0.6) is 0 Å². The Morgan fingerprint density at radius 1 is 0.618 bits per heavy atom. The van der Waals surface area contributed by atoms with E-state index in [0.717, 1.165) is 6.54 Å². The molecule has 0 saturated heterocycles. The summed E-state index contributed by atoms with van der Waals surface area (Å²) in [5, 5.41) is 0. The summed E-state index contributed by atoms with van der Waals surface area (Å²) in [6.45, 7) is 7.31. The Morgan fingerprint density at radius 2 is 1.06 bits per heavy atom. The third kappa shape index (κ3) is 12.4. The number of pyridine rings is 1. The summed E-state index contributed by atoms with van der Waals surface area (Å²) < 4.78 is 2.32. The van der Waals surface area contributed by atoms with E-state index in [0.29, 0.717) is 0 Å². The van der Waals surface area contributed by atoms with Gasteiger partial charge >= 0.3 is 0 Å². The maximum absolute atomic E-state index is 3.89. The van der Waals surface area contributed by atoms with Crippen molar-refractivity contribution in [3.05, 3.63) is 84.7 Å². The molecule has 0 atom stereocenters. The summed E-state index contributed by atoms with van der Waals surface area (Å²) in [6.07, 6.45) is 31.1. The van der Waals surface area contributed by atoms with Crippen LogP contribution in [0.15, 0.2) is 73.6 Å². The molecular formula is C33H50N+. The first-order valence-corrected chi connectivity index (χ1v) is 14.2. The molecule has 1 heterocycles. The van der Waals surface area contributed by atoms with Crippen molar-refractivity contribution in [3.8, 4) is 0 Å². The van der Waals surface area contributed by atoms with Gasteiger partial charge in [-0.2, -0.15) is 0 Å². The van der Waals surface area contributed by atoms with Gasteiger partial charge in [-0.1, -0.05) is 146 Å². The van der Waals surface area contributed by atoms with E-state index in [1.54, 1.807) is 0 Å². The van der Waals surface area contributed by atoms with Gasteiger partial charge in [0.15, 0.2) is 12.4 Å². The average Bonchev–Trinajstić information content (AvgIpc) is 2.88. The summed E-state index contributed by atoms with van der Waals surface area (Å²) in [5.41, 5.74) is 3.71. The van der Waals surface area contributed by atoms with Crippen LogP contribution in [0.3, 0.4) is 0 Å². The highest BCUT2D eigenvalue weighted by Gasteiger charge is 2.07. The third-order valence-corrected chi connectivity index (χ3v) is 6.84. The number of rotatable bonds is 20. The fraction of sp³-hybridized carbons (Fsp3) is 0.545. The van der Waals surface area contributed by atoms with Crippen LogP contribution >= 0.6 is 0 Å². The number of benzene rings is 1. The lowest BCUT2D eigenvalue weighted by Crippen LogP contribution is -2.32. The van der Waals surface area contributed by atoms with E-state index in [1.165, 1.54) is 119 Å². The molecule has 0 aliphatic rings. The quantitative estimate of drug-likeness (QED) is 0.105. The van der Waals surface area contributed by atoms with Gasteiger partial charge in [0.05, 0.1) is 0 Å². The summed E-state index contributed by atoms with van der Waals surface area (Å²) in [7, 11) is 0. The molecule has 0 spiro atoms. The topological polar surface area (TPSA) is 3.88 Å². The molecule has 1 aromatic heterocycles. The highest BCUT2D eigenvalue weighted by molar-refractivity contribution is 5.80. The van der Waals surface area contributed by atoms with E-state index in [-0.39, 0.29) is 0 Å². The molecule has 0 N–H and O–H groups in total. The predicted octanol–water partition coefficient (Wildman–Crippen LogP) is 9.85. The number of hydrogen-bond donors (Lipinski definition) is 0. The minimum atomic E-state index is 1.12. The van der Waals surface area contributed by atoms with Gasteiger partial charge in [0, 0.05) is 18.6 Å². The molecule has 0 radical (unpaired) electrons. The Bertz CT molecular complexity index is 772. The van der Waals surface area contributed by atoms with Crippen molar-refractivity contribution in [2.24, 2.45) is 0 Å². The first-order valence-electron chi connectivity index (χ1n) is 14.2. The van der Waals surface area contributed by atoms with Gasteiger partial charge in [-0.15, -0.1) is 0 Å². The van der Waals surface area contributed by atoms with Crippen molar-refractivity contribution in [2.45, 2.75) is 116 Å². The molecule has 1 nitrogen and oxygen atoms in total. The fourth-order valence-corrected chi connectivity index (χ4v) is 4.72. The lowest BCUT2D eigenvalue weighted by molar-refractivity contribution is -0.697. The summed E-state index contributed by atoms with van der Waals surface area (Å²) in [4.78, 5) is 0. The van der Waals surface area contributed by atoms with Crippen LogP contribution in [-0.4, -0.2) is 0 Å². The van der Waals surface area contributed by atoms with Gasteiger partial charge in [-0.05, 0) is 23.1 Å². The Hall–Kier alpha value is -2.15. The summed E-state index contributed by atoms with van der Waals surface area (Å²) in [5.74, 6) is 0. The van der Waals surface area contributed by atoms with Gasteiger partial charge < -0.3 is 0 Å². The molecule has 0 aliphatic heterocycles. The van der Waals surface area contributed by atoms with Crippen LogP contribution in [0.1, 0.15) is 121 Å². The van der Waals surface area contributed by atoms with Crippen molar-refractivity contribution < 1.29 is 4.57 Å². The van der Waals surface area contributed by atoms with Crippen LogP contribution in [0.2, 0.25) is 0 Å². The van der Waals surface area contributed by atoms with Crippen molar-refractivity contribution >= 4 is 5.57 Å². The number of nitrogens with zero attached hydrogens (tertiary/aromatic N) is 1. The zero-order chi connectivity index (χ0) is 24.1. The summed E-state index contributed by atoms with van der Waals surface area (Å²) >= 11 is 0. The number of allylic oxidation sites excluding steroid dienone is 2. The zero-order valence-electron chi connectivity index (χ0n) is 22.0. The summed E-state index contributed by atoms with van der Waals surface area (Å²) in [6, 6.07) is 15.0. The molecule has 0 bridgehead atoms. The van der Waals surface area contributed by atoms with Crippen LogP contribution in [0.4, 0.5) is 0 Å². The Labute approximate surface area is 211 Å². The molecule has 0 unspecified atom stereocenters. The van der Waals surface area contributed by atoms with Crippen molar-refractivity contribution in [3.63, 3.8) is 0 Å². The molecule has 2 aromatic rings. The molecule has 0 fully saturated rings. The third-order valence-electron chi connectivity index (χ3n) is 6.84. The molecular weight excluding hydrogens is 410 g/mol. The second-order valence-electron chi connectivity index (χ2n) is 9.81. The van der Waals surface area contributed by atoms with Crippen LogP contribution in [-0.2, 0) is 6.54 Å². The van der Waals surface area contributed by atoms with Crippen LogP contribution in [0.25, 0.3) is 5.57 Å². The normalized spacial score (nSPS) is 11.6. The number of aromatic nitrogens is 1. The highest BCUT2D eigenvalue weighted by atomic mass is 14.9. The van der Waals surface area contributed by atoms with Crippen molar-refractivity contribution in [1.29, 1.82) is 0 Å². The van der Waals surface area contributed by atoms with E-state index in [1.807, 2.05) is 6.08 Å². The Balaban J connectivity index is 1.49. The van der Waals surface area contributed by atoms with E-state index >= 15 is 0 Å². The molecule has 34 heavy (non-hydrogen) atoms. The SMILES string of the molecule is C=C/C=C(\c1ccccc1)c1cc[n+](CCCCCCCCCCCCCCCCCC)cc1. The number of hydrogen-bond acceptors (Lipinski definition) is 0. The van der Waals surface area contributed by atoms with E-state index in [4.69, 9.17) is 0 Å². The van der Waals surface area contributed by atoms with E-state index in [2.05, 4.69) is 79.0 Å². The molecule has 2 rings (SSSR count). The van der Waals surface area contributed by atoms with E-state index in [9.17, 15) is 0 Å². The average molecular weight is 461 g/mol. The smallest absolute Gasteiger partial charge is 0.169 e. The standard InChI is InChI=1S/C33H50N/c1-3-5-6-7-8-9-10-11-12-13-14-15-16-17-18-22-28-34-29-26-32(27-30-34)33(23-4-2)31-24-20-19-21-25-31/h4,19-21,23-27,29-30H,2-3,5-18,22,28H2,1H3/q+1/b33-23+. The van der Waals surface area contributed by atoms with Gasteiger partial charge in [0.1, 0.15) is 6.54 Å². The molecule has 0 saturated carbocycles. The molecule has 0 amide bonds. The second kappa shape index (κ2) is 19.2. The number of aryl methyl sites for hydroxylation is 1. The maximum atomic E-state index is 3.89. The minimum Gasteiger partial charge on any atom is -0.205 e. The van der Waals surface area contributed by atoms with Gasteiger partial charge in [0.2, 0.25) is 0 Å². The van der Waals surface area contributed by atoms with E-state index < -0.39 is 0 Å². The van der Waals surface area contributed by atoms with Crippen molar-refractivity contribution in [2.75, 3.05) is 0 Å². The minimum absolute atomic E-state index is 1.12. The lowest BCUT2D eigenvalue weighted by atomic mass is 9.98. The monoisotopic (exact) mass is 460 g/mol. The Morgan fingerprint density at radius 3 is 1.53 bits per heavy atom. The highest BCUT2D eigenvalue weighted by Crippen LogP contribution is 2.22. The molecule has 1 aromatic carbocycles. The van der Waals surface area contributed by atoms with Crippen LogP contribution < -0.4 is 4.57 Å². The van der Waals surface area contributed by atoms with Crippen LogP contribution in [0, 0.1) is 0 Å².